The first kappa shape index (κ1) is 32.1. The van der Waals surface area contributed by atoms with Crippen LogP contribution in [0.5, 0.6) is 0 Å². The van der Waals surface area contributed by atoms with E-state index in [9.17, 15) is 10.1 Å². The lowest BCUT2D eigenvalue weighted by atomic mass is 9.94. The van der Waals surface area contributed by atoms with Crippen LogP contribution in [-0.2, 0) is 4.43 Å². The third-order valence-electron chi connectivity index (χ3n) is 9.38. The number of benzene rings is 1. The van der Waals surface area contributed by atoms with Crippen molar-refractivity contribution in [1.29, 1.82) is 5.26 Å². The van der Waals surface area contributed by atoms with Crippen molar-refractivity contribution < 1.29 is 9.22 Å². The number of halogens is 1. The van der Waals surface area contributed by atoms with Crippen LogP contribution in [0.25, 0.3) is 0 Å². The fourth-order valence-electron chi connectivity index (χ4n) is 5.53. The molecule has 0 bridgehead atoms. The molecule has 10 heteroatoms. The molecule has 2 aliphatic rings. The third kappa shape index (κ3) is 7.58. The van der Waals surface area contributed by atoms with Gasteiger partial charge in [0.2, 0.25) is 0 Å². The van der Waals surface area contributed by atoms with Crippen molar-refractivity contribution in [3.63, 3.8) is 0 Å². The van der Waals surface area contributed by atoms with Crippen molar-refractivity contribution in [2.75, 3.05) is 47.9 Å². The Bertz CT molecular complexity index is 1270. The van der Waals surface area contributed by atoms with Gasteiger partial charge in [-0.1, -0.05) is 32.4 Å². The lowest BCUT2D eigenvalue weighted by molar-refractivity contribution is 0.173. The first-order valence-electron chi connectivity index (χ1n) is 15.2. The number of nitrogens with one attached hydrogen (secondary N) is 1. The van der Waals surface area contributed by atoms with Crippen molar-refractivity contribution in [2.24, 2.45) is 5.92 Å². The quantitative estimate of drug-likeness (QED) is 0.330. The van der Waals surface area contributed by atoms with Crippen molar-refractivity contribution in [3.8, 4) is 6.07 Å². The Morgan fingerprint density at radius 2 is 1.86 bits per heavy atom. The number of pyridine rings is 1. The molecule has 2 fully saturated rings. The van der Waals surface area contributed by atoms with Gasteiger partial charge >= 0.3 is 6.03 Å². The Kier molecular flexibility index (Phi) is 10.1. The maximum Gasteiger partial charge on any atom is 0.322 e. The molecule has 8 nitrogen and oxygen atoms in total. The lowest BCUT2D eigenvalue weighted by Crippen LogP contribution is -2.59. The Hall–Kier alpha value is -2.80. The van der Waals surface area contributed by atoms with Gasteiger partial charge in [0.25, 0.3) is 0 Å². The predicted octanol–water partition coefficient (Wildman–Crippen LogP) is 7.37. The molecule has 1 aromatic carbocycles. The smallest absolute Gasteiger partial charge is 0.322 e. The van der Waals surface area contributed by atoms with Crippen LogP contribution in [-0.4, -0.2) is 69.1 Å². The Labute approximate surface area is 258 Å². The van der Waals surface area contributed by atoms with Gasteiger partial charge in [-0.2, -0.15) is 5.26 Å². The van der Waals surface area contributed by atoms with Crippen LogP contribution in [0.4, 0.5) is 22.0 Å². The summed E-state index contributed by atoms with van der Waals surface area (Å²) in [6.45, 7) is 19.8. The molecule has 2 saturated heterocycles. The summed E-state index contributed by atoms with van der Waals surface area (Å²) in [5, 5.41) is 12.9. The number of nitriles is 1. The standard InChI is InChI=1S/C32H47ClN6O2Si/c1-23-22-39(24(2)21-38(23)28-10-8-26(19-34)29(33)18-28)31(40)36-27-9-11-30(35-20-27)37-15-12-25(13-16-37)14-17-41-42(6,7)32(3,4)5/h8-11,18,20,23-25H,12-17,21-22H2,1-7H3,(H,36,40)/t23-,24+/m1/s1. The second-order valence-corrected chi connectivity index (χ2v) is 18.7. The number of aromatic nitrogens is 1. The largest absolute Gasteiger partial charge is 0.417 e. The fraction of sp³-hybridized carbons (Fsp3) is 0.594. The molecule has 0 saturated carbocycles. The third-order valence-corrected chi connectivity index (χ3v) is 14.2. The number of hydrogen-bond donors (Lipinski definition) is 1. The van der Waals surface area contributed by atoms with Gasteiger partial charge in [0.15, 0.2) is 8.32 Å². The normalized spacial score (nSPS) is 20.4. The van der Waals surface area contributed by atoms with Crippen molar-refractivity contribution in [1.82, 2.24) is 9.88 Å². The number of urea groups is 1. The summed E-state index contributed by atoms with van der Waals surface area (Å²) in [6.07, 6.45) is 5.19. The first-order valence-corrected chi connectivity index (χ1v) is 18.5. The van der Waals surface area contributed by atoms with Crippen LogP contribution in [0.1, 0.15) is 59.4 Å². The summed E-state index contributed by atoms with van der Waals surface area (Å²) in [4.78, 5) is 24.4. The number of amides is 2. The van der Waals surface area contributed by atoms with E-state index in [2.05, 4.69) is 67.0 Å². The van der Waals surface area contributed by atoms with Gasteiger partial charge in [-0.05, 0) is 87.5 Å². The van der Waals surface area contributed by atoms with Gasteiger partial charge in [-0.3, -0.25) is 0 Å². The summed E-state index contributed by atoms with van der Waals surface area (Å²) in [6, 6.07) is 11.5. The molecule has 228 valence electrons. The topological polar surface area (TPSA) is 84.7 Å². The lowest BCUT2D eigenvalue weighted by Gasteiger charge is -2.45. The maximum absolute atomic E-state index is 13.2. The summed E-state index contributed by atoms with van der Waals surface area (Å²) in [7, 11) is -1.68. The van der Waals surface area contributed by atoms with Gasteiger partial charge in [0, 0.05) is 50.6 Å². The van der Waals surface area contributed by atoms with Crippen LogP contribution in [0.3, 0.4) is 0 Å². The van der Waals surface area contributed by atoms with Crippen LogP contribution in [0.2, 0.25) is 23.2 Å². The minimum absolute atomic E-state index is 0.00331. The molecule has 2 aromatic rings. The molecule has 0 spiro atoms. The zero-order chi connectivity index (χ0) is 30.7. The predicted molar refractivity (Wildman–Crippen MR) is 175 cm³/mol. The molecular formula is C32H47ClN6O2Si. The molecule has 0 aliphatic carbocycles. The maximum atomic E-state index is 13.2. The van der Waals surface area contributed by atoms with Crippen molar-refractivity contribution in [3.05, 3.63) is 47.1 Å². The van der Waals surface area contributed by atoms with E-state index >= 15 is 0 Å². The highest BCUT2D eigenvalue weighted by Crippen LogP contribution is 2.37. The second-order valence-electron chi connectivity index (χ2n) is 13.4. The first-order chi connectivity index (χ1) is 19.8. The highest BCUT2D eigenvalue weighted by atomic mass is 35.5. The fourth-order valence-corrected chi connectivity index (χ4v) is 6.81. The monoisotopic (exact) mass is 610 g/mol. The zero-order valence-corrected chi connectivity index (χ0v) is 28.0. The average molecular weight is 611 g/mol. The number of hydrogen-bond acceptors (Lipinski definition) is 6. The van der Waals surface area contributed by atoms with E-state index in [1.807, 2.05) is 36.1 Å². The zero-order valence-electron chi connectivity index (χ0n) is 26.3. The Morgan fingerprint density at radius 3 is 2.45 bits per heavy atom. The van der Waals surface area contributed by atoms with Gasteiger partial charge in [-0.25, -0.2) is 9.78 Å². The number of anilines is 3. The van der Waals surface area contributed by atoms with E-state index in [0.717, 1.165) is 50.5 Å². The number of nitrogens with zero attached hydrogens (tertiary/aromatic N) is 5. The Morgan fingerprint density at radius 1 is 1.14 bits per heavy atom. The Balaban J connectivity index is 1.25. The molecule has 2 aliphatic heterocycles. The molecule has 3 heterocycles. The van der Waals surface area contributed by atoms with E-state index < -0.39 is 8.32 Å². The molecule has 42 heavy (non-hydrogen) atoms. The number of rotatable bonds is 7. The second kappa shape index (κ2) is 13.2. The van der Waals surface area contributed by atoms with E-state index in [0.29, 0.717) is 35.3 Å². The number of carbonyl (C=O) groups excluding carboxylic acids is 1. The van der Waals surface area contributed by atoms with Crippen molar-refractivity contribution >= 4 is 43.1 Å². The van der Waals surface area contributed by atoms with Crippen molar-refractivity contribution in [2.45, 2.75) is 84.1 Å². The number of piperidine rings is 1. The van der Waals surface area contributed by atoms with Crippen LogP contribution in [0.15, 0.2) is 36.5 Å². The van der Waals surface area contributed by atoms with E-state index in [4.69, 9.17) is 16.0 Å². The molecular weight excluding hydrogens is 564 g/mol. The highest BCUT2D eigenvalue weighted by molar-refractivity contribution is 6.74. The van der Waals surface area contributed by atoms with Gasteiger partial charge in [0.05, 0.1) is 22.5 Å². The van der Waals surface area contributed by atoms with E-state index in [1.165, 1.54) is 0 Å². The summed E-state index contributed by atoms with van der Waals surface area (Å²) < 4.78 is 6.40. The minimum atomic E-state index is -1.68. The molecule has 2 atom stereocenters. The van der Waals surface area contributed by atoms with Crippen LogP contribution in [0, 0.1) is 17.2 Å². The van der Waals surface area contributed by atoms with Gasteiger partial charge in [0.1, 0.15) is 11.9 Å². The summed E-state index contributed by atoms with van der Waals surface area (Å²) in [5.74, 6) is 1.66. The van der Waals surface area contributed by atoms with Crippen LogP contribution < -0.4 is 15.1 Å². The molecule has 2 amide bonds. The highest BCUT2D eigenvalue weighted by Gasteiger charge is 2.37. The minimum Gasteiger partial charge on any atom is -0.417 e. The number of carbonyl (C=O) groups is 1. The molecule has 1 N–H and O–H groups in total. The molecule has 0 radical (unpaired) electrons. The molecule has 0 unspecified atom stereocenters. The molecule has 4 rings (SSSR count). The van der Waals surface area contributed by atoms with E-state index in [-0.39, 0.29) is 23.2 Å². The average Bonchev–Trinajstić information content (AvgIpc) is 2.94. The molecule has 1 aromatic heterocycles. The SMILES string of the molecule is C[C@@H]1CN(C(=O)Nc2ccc(N3CCC(CCO[Si](C)(C)C(C)(C)C)CC3)nc2)[C@@H](C)CN1c1ccc(C#N)c(Cl)c1. The van der Waals surface area contributed by atoms with E-state index in [1.54, 1.807) is 12.3 Å². The van der Waals surface area contributed by atoms with Gasteiger partial charge < -0.3 is 24.4 Å². The number of piperazine rings is 1. The van der Waals surface area contributed by atoms with Gasteiger partial charge in [-0.15, -0.1) is 0 Å². The summed E-state index contributed by atoms with van der Waals surface area (Å²) in [5.41, 5.74) is 2.12. The van der Waals surface area contributed by atoms with Crippen LogP contribution >= 0.6 is 11.6 Å². The summed E-state index contributed by atoms with van der Waals surface area (Å²) >= 11 is 6.28.